The van der Waals surface area contributed by atoms with Crippen molar-refractivity contribution in [3.8, 4) is 0 Å². The van der Waals surface area contributed by atoms with Gasteiger partial charge in [-0.1, -0.05) is 13.0 Å². The van der Waals surface area contributed by atoms with Gasteiger partial charge < -0.3 is 5.32 Å². The number of nitrogens with one attached hydrogen (secondary N) is 1. The molecule has 0 spiro atoms. The SMILES string of the molecule is CCCNC(c1cc(C)cc(F)c1)c1cc(C)c(Br)s1. The maximum absolute atomic E-state index is 13.7. The third kappa shape index (κ3) is 3.68. The second-order valence-corrected chi connectivity index (χ2v) is 7.46. The zero-order valence-electron chi connectivity index (χ0n) is 12.0. The average Bonchev–Trinajstić information content (AvgIpc) is 2.69. The van der Waals surface area contributed by atoms with Crippen molar-refractivity contribution in [1.82, 2.24) is 5.32 Å². The molecule has 2 aromatic rings. The molecule has 1 nitrogen and oxygen atoms in total. The van der Waals surface area contributed by atoms with Gasteiger partial charge in [0.1, 0.15) is 5.82 Å². The van der Waals surface area contributed by atoms with Gasteiger partial charge in [0.15, 0.2) is 0 Å². The van der Waals surface area contributed by atoms with Crippen LogP contribution in [0.4, 0.5) is 4.39 Å². The summed E-state index contributed by atoms with van der Waals surface area (Å²) in [6.07, 6.45) is 1.05. The molecule has 0 amide bonds. The van der Waals surface area contributed by atoms with Gasteiger partial charge in [0.2, 0.25) is 0 Å². The van der Waals surface area contributed by atoms with Gasteiger partial charge in [-0.3, -0.25) is 0 Å². The third-order valence-electron chi connectivity index (χ3n) is 3.16. The van der Waals surface area contributed by atoms with E-state index in [1.165, 1.54) is 10.4 Å². The quantitative estimate of drug-likeness (QED) is 0.761. The Labute approximate surface area is 132 Å². The standard InChI is InChI=1S/C16H19BrFNS/c1-4-5-19-15(14-8-11(3)16(17)20-14)12-6-10(2)7-13(18)9-12/h6-9,15,19H,4-5H2,1-3H3. The number of hydrogen-bond donors (Lipinski definition) is 1. The molecule has 2 rings (SSSR count). The summed E-state index contributed by atoms with van der Waals surface area (Å²) in [5, 5.41) is 3.52. The highest BCUT2D eigenvalue weighted by molar-refractivity contribution is 9.11. The Bertz CT molecular complexity index is 554. The molecule has 20 heavy (non-hydrogen) atoms. The summed E-state index contributed by atoms with van der Waals surface area (Å²) in [6.45, 7) is 7.06. The third-order valence-corrected chi connectivity index (χ3v) is 5.36. The zero-order valence-corrected chi connectivity index (χ0v) is 14.4. The van der Waals surface area contributed by atoms with Crippen molar-refractivity contribution >= 4 is 27.3 Å². The summed E-state index contributed by atoms with van der Waals surface area (Å²) in [7, 11) is 0. The van der Waals surface area contributed by atoms with Crippen molar-refractivity contribution in [3.63, 3.8) is 0 Å². The lowest BCUT2D eigenvalue weighted by molar-refractivity contribution is 0.590. The fraction of sp³-hybridized carbons (Fsp3) is 0.375. The molecular formula is C16H19BrFNS. The molecule has 0 aliphatic heterocycles. The minimum absolute atomic E-state index is 0.0550. The Morgan fingerprint density at radius 2 is 2.00 bits per heavy atom. The second-order valence-electron chi connectivity index (χ2n) is 5.05. The molecule has 1 aromatic carbocycles. The lowest BCUT2D eigenvalue weighted by Crippen LogP contribution is -2.22. The van der Waals surface area contributed by atoms with Gasteiger partial charge in [0.25, 0.3) is 0 Å². The predicted octanol–water partition coefficient (Wildman–Crippen LogP) is 5.36. The summed E-state index contributed by atoms with van der Waals surface area (Å²) in [6, 6.07) is 7.47. The highest BCUT2D eigenvalue weighted by atomic mass is 79.9. The first-order chi connectivity index (χ1) is 9.51. The molecule has 0 saturated heterocycles. The highest BCUT2D eigenvalue weighted by Crippen LogP contribution is 2.34. The van der Waals surface area contributed by atoms with E-state index in [0.29, 0.717) is 0 Å². The first-order valence-electron chi connectivity index (χ1n) is 6.77. The van der Waals surface area contributed by atoms with Crippen LogP contribution >= 0.6 is 27.3 Å². The van der Waals surface area contributed by atoms with Gasteiger partial charge in [-0.15, -0.1) is 11.3 Å². The first-order valence-corrected chi connectivity index (χ1v) is 8.38. The van der Waals surface area contributed by atoms with Crippen molar-refractivity contribution in [2.45, 2.75) is 33.2 Å². The van der Waals surface area contributed by atoms with E-state index < -0.39 is 0 Å². The lowest BCUT2D eigenvalue weighted by Gasteiger charge is -2.18. The number of thiophene rings is 1. The molecule has 1 unspecified atom stereocenters. The smallest absolute Gasteiger partial charge is 0.123 e. The largest absolute Gasteiger partial charge is 0.306 e. The van der Waals surface area contributed by atoms with E-state index in [-0.39, 0.29) is 11.9 Å². The van der Waals surface area contributed by atoms with Crippen LogP contribution in [-0.4, -0.2) is 6.54 Å². The Kier molecular flexibility index (Phi) is 5.35. The topological polar surface area (TPSA) is 12.0 Å². The molecule has 1 atom stereocenters. The minimum atomic E-state index is -0.171. The lowest BCUT2D eigenvalue weighted by atomic mass is 10.0. The zero-order chi connectivity index (χ0) is 14.7. The van der Waals surface area contributed by atoms with Crippen LogP contribution in [0.5, 0.6) is 0 Å². The molecule has 1 heterocycles. The molecular weight excluding hydrogens is 337 g/mol. The first kappa shape index (κ1) is 15.7. The molecule has 1 aromatic heterocycles. The maximum Gasteiger partial charge on any atom is 0.123 e. The Morgan fingerprint density at radius 3 is 2.55 bits per heavy atom. The van der Waals surface area contributed by atoms with E-state index >= 15 is 0 Å². The van der Waals surface area contributed by atoms with Crippen molar-refractivity contribution < 1.29 is 4.39 Å². The fourth-order valence-corrected chi connectivity index (χ4v) is 3.90. The van der Waals surface area contributed by atoms with Crippen LogP contribution in [0, 0.1) is 19.7 Å². The number of benzene rings is 1. The predicted molar refractivity (Wildman–Crippen MR) is 88.0 cm³/mol. The summed E-state index contributed by atoms with van der Waals surface area (Å²) < 4.78 is 14.8. The molecule has 4 heteroatoms. The fourth-order valence-electron chi connectivity index (χ4n) is 2.23. The van der Waals surface area contributed by atoms with Crippen LogP contribution in [0.25, 0.3) is 0 Å². The highest BCUT2D eigenvalue weighted by Gasteiger charge is 2.17. The van der Waals surface area contributed by atoms with Gasteiger partial charge >= 0.3 is 0 Å². The van der Waals surface area contributed by atoms with Crippen molar-refractivity contribution in [2.24, 2.45) is 0 Å². The number of rotatable bonds is 5. The van der Waals surface area contributed by atoms with Gasteiger partial charge in [0.05, 0.1) is 9.83 Å². The Hall–Kier alpha value is -0.710. The van der Waals surface area contributed by atoms with E-state index in [1.807, 2.05) is 6.92 Å². The molecule has 108 valence electrons. The van der Waals surface area contributed by atoms with E-state index in [9.17, 15) is 4.39 Å². The summed E-state index contributed by atoms with van der Waals surface area (Å²) >= 11 is 5.28. The van der Waals surface area contributed by atoms with Crippen LogP contribution < -0.4 is 5.32 Å². The van der Waals surface area contributed by atoms with Gasteiger partial charge in [0, 0.05) is 4.88 Å². The monoisotopic (exact) mass is 355 g/mol. The van der Waals surface area contributed by atoms with E-state index in [4.69, 9.17) is 0 Å². The van der Waals surface area contributed by atoms with Crippen molar-refractivity contribution in [3.05, 3.63) is 55.4 Å². The summed E-state index contributed by atoms with van der Waals surface area (Å²) in [4.78, 5) is 1.22. The van der Waals surface area contributed by atoms with Gasteiger partial charge in [-0.2, -0.15) is 0 Å². The van der Waals surface area contributed by atoms with Crippen LogP contribution in [0.1, 0.15) is 41.0 Å². The number of aryl methyl sites for hydroxylation is 2. The normalized spacial score (nSPS) is 12.7. The summed E-state index contributed by atoms with van der Waals surface area (Å²) in [5.74, 6) is -0.171. The molecule has 0 fully saturated rings. The van der Waals surface area contributed by atoms with Crippen molar-refractivity contribution in [1.29, 1.82) is 0 Å². The average molecular weight is 356 g/mol. The van der Waals surface area contributed by atoms with Crippen LogP contribution in [0.2, 0.25) is 0 Å². The summed E-state index contributed by atoms with van der Waals surface area (Å²) in [5.41, 5.74) is 3.17. The molecule has 0 bridgehead atoms. The van der Waals surface area contributed by atoms with Crippen LogP contribution in [0.15, 0.2) is 28.1 Å². The van der Waals surface area contributed by atoms with Crippen LogP contribution in [-0.2, 0) is 0 Å². The number of halogens is 2. The Morgan fingerprint density at radius 1 is 1.25 bits per heavy atom. The molecule has 0 aliphatic rings. The van der Waals surface area contributed by atoms with Crippen LogP contribution in [0.3, 0.4) is 0 Å². The minimum Gasteiger partial charge on any atom is -0.306 e. The molecule has 0 aliphatic carbocycles. The van der Waals surface area contributed by atoms with E-state index in [0.717, 1.165) is 27.9 Å². The Balaban J connectivity index is 2.40. The van der Waals surface area contributed by atoms with Gasteiger partial charge in [-0.25, -0.2) is 4.39 Å². The van der Waals surface area contributed by atoms with Gasteiger partial charge in [-0.05, 0) is 77.6 Å². The molecule has 0 radical (unpaired) electrons. The van der Waals surface area contributed by atoms with E-state index in [1.54, 1.807) is 23.5 Å². The maximum atomic E-state index is 13.7. The van der Waals surface area contributed by atoms with E-state index in [2.05, 4.69) is 47.2 Å². The molecule has 1 N–H and O–H groups in total. The second kappa shape index (κ2) is 6.83. The number of hydrogen-bond acceptors (Lipinski definition) is 2. The van der Waals surface area contributed by atoms with Crippen molar-refractivity contribution in [2.75, 3.05) is 6.54 Å². The molecule has 0 saturated carbocycles.